The van der Waals surface area contributed by atoms with Crippen molar-refractivity contribution >= 4 is 16.5 Å². The van der Waals surface area contributed by atoms with Crippen LogP contribution in [0.25, 0.3) is 22.2 Å². The zero-order valence-electron chi connectivity index (χ0n) is 21.3. The van der Waals surface area contributed by atoms with Crippen LogP contribution in [0.5, 0.6) is 0 Å². The third-order valence-electron chi connectivity index (χ3n) is 6.15. The molecule has 3 atom stereocenters. The van der Waals surface area contributed by atoms with E-state index < -0.39 is 71.0 Å². The number of aromatic amines is 1. The summed E-state index contributed by atoms with van der Waals surface area (Å²) in [5.41, 5.74) is -5.33. The molecule has 17 heteroatoms. The van der Waals surface area contributed by atoms with Crippen molar-refractivity contribution in [1.82, 2.24) is 24.7 Å². The lowest BCUT2D eigenvalue weighted by Crippen LogP contribution is -2.30. The van der Waals surface area contributed by atoms with Gasteiger partial charge >= 0.3 is 12.4 Å². The highest BCUT2D eigenvalue weighted by Crippen LogP contribution is 2.33. The number of aromatic nitrogens is 5. The van der Waals surface area contributed by atoms with Crippen molar-refractivity contribution in [1.29, 1.82) is 0 Å². The lowest BCUT2D eigenvalue weighted by atomic mass is 10.1. The highest BCUT2D eigenvalue weighted by atomic mass is 19.4. The number of alkyl halides is 7. The van der Waals surface area contributed by atoms with Gasteiger partial charge in [0.25, 0.3) is 11.1 Å². The van der Waals surface area contributed by atoms with Gasteiger partial charge in [0.2, 0.25) is 0 Å². The van der Waals surface area contributed by atoms with Crippen molar-refractivity contribution in [3.8, 4) is 11.4 Å². The molecule has 0 bridgehead atoms. The highest BCUT2D eigenvalue weighted by molar-refractivity contribution is 5.86. The summed E-state index contributed by atoms with van der Waals surface area (Å²) in [6.45, 7) is 0.836. The minimum atomic E-state index is -4.99. The lowest BCUT2D eigenvalue weighted by molar-refractivity contribution is -0.206. The fourth-order valence-electron chi connectivity index (χ4n) is 4.21. The largest absolute Gasteiger partial charge is 0.423 e. The SMILES string of the molecule is C[C@H](C[C@H](F)Cn1ccc2cc(-c3ncc(C(O)C(F)(F)F)cn3)c(F)cc2c1=O)Nc1cn[nH]c(=O)c1C(F)(F)F. The van der Waals surface area contributed by atoms with Gasteiger partial charge in [-0.3, -0.25) is 9.59 Å². The summed E-state index contributed by atoms with van der Waals surface area (Å²) in [4.78, 5) is 31.9. The number of benzene rings is 1. The first-order valence-electron chi connectivity index (χ1n) is 12.0. The van der Waals surface area contributed by atoms with Gasteiger partial charge in [-0.2, -0.15) is 31.4 Å². The third kappa shape index (κ3) is 6.56. The monoisotopic (exact) mass is 604 g/mol. The number of hydrogen-bond donors (Lipinski definition) is 3. The van der Waals surface area contributed by atoms with Crippen LogP contribution in [-0.4, -0.2) is 48.2 Å². The molecule has 0 aliphatic rings. The maximum absolute atomic E-state index is 14.9. The summed E-state index contributed by atoms with van der Waals surface area (Å²) >= 11 is 0. The van der Waals surface area contributed by atoms with Crippen LogP contribution in [-0.2, 0) is 12.7 Å². The number of fused-ring (bicyclic) bond motifs is 1. The zero-order chi connectivity index (χ0) is 31.0. The van der Waals surface area contributed by atoms with E-state index in [1.165, 1.54) is 25.3 Å². The van der Waals surface area contributed by atoms with E-state index in [-0.39, 0.29) is 28.6 Å². The van der Waals surface area contributed by atoms with Crippen LogP contribution >= 0.6 is 0 Å². The van der Waals surface area contributed by atoms with Crippen LogP contribution in [0.4, 0.5) is 40.8 Å². The molecule has 0 spiro atoms. The van der Waals surface area contributed by atoms with E-state index in [0.717, 1.165) is 16.8 Å². The number of nitrogens with one attached hydrogen (secondary N) is 2. The van der Waals surface area contributed by atoms with Gasteiger partial charge in [-0.15, -0.1) is 0 Å². The molecule has 42 heavy (non-hydrogen) atoms. The van der Waals surface area contributed by atoms with Gasteiger partial charge in [0.15, 0.2) is 11.9 Å². The molecule has 0 saturated carbocycles. The number of anilines is 1. The van der Waals surface area contributed by atoms with E-state index in [2.05, 4.69) is 20.4 Å². The van der Waals surface area contributed by atoms with Crippen molar-refractivity contribution in [2.45, 2.75) is 50.6 Å². The van der Waals surface area contributed by atoms with E-state index in [4.69, 9.17) is 0 Å². The molecule has 0 aliphatic carbocycles. The van der Waals surface area contributed by atoms with Gasteiger partial charge in [-0.05, 0) is 30.5 Å². The summed E-state index contributed by atoms with van der Waals surface area (Å²) in [6, 6.07) is 2.44. The van der Waals surface area contributed by atoms with Crippen molar-refractivity contribution < 1.29 is 40.2 Å². The summed E-state index contributed by atoms with van der Waals surface area (Å²) in [7, 11) is 0. The quantitative estimate of drug-likeness (QED) is 0.253. The van der Waals surface area contributed by atoms with Crippen molar-refractivity contribution in [2.24, 2.45) is 0 Å². The van der Waals surface area contributed by atoms with E-state index in [1.807, 2.05) is 0 Å². The van der Waals surface area contributed by atoms with Crippen molar-refractivity contribution in [3.05, 3.63) is 80.6 Å². The Bertz CT molecular complexity index is 1700. The predicted octanol–water partition coefficient (Wildman–Crippen LogP) is 4.52. The number of nitrogens with zero attached hydrogens (tertiary/aromatic N) is 4. The molecule has 4 rings (SSSR count). The number of aliphatic hydroxyl groups excluding tert-OH is 1. The molecule has 3 heterocycles. The lowest BCUT2D eigenvalue weighted by Gasteiger charge is -2.20. The number of rotatable bonds is 8. The van der Waals surface area contributed by atoms with E-state index >= 15 is 0 Å². The molecule has 3 N–H and O–H groups in total. The van der Waals surface area contributed by atoms with Gasteiger partial charge in [0.05, 0.1) is 29.4 Å². The molecule has 0 amide bonds. The summed E-state index contributed by atoms with van der Waals surface area (Å²) in [5, 5.41) is 16.7. The third-order valence-corrected chi connectivity index (χ3v) is 6.15. The fourth-order valence-corrected chi connectivity index (χ4v) is 4.21. The van der Waals surface area contributed by atoms with Crippen LogP contribution < -0.4 is 16.4 Å². The van der Waals surface area contributed by atoms with Gasteiger partial charge in [0.1, 0.15) is 17.6 Å². The summed E-state index contributed by atoms with van der Waals surface area (Å²) in [6.07, 6.45) is -11.6. The molecular formula is C25H20F8N6O3. The number of H-pyrrole nitrogens is 1. The van der Waals surface area contributed by atoms with Crippen LogP contribution in [0.3, 0.4) is 0 Å². The molecule has 3 aromatic heterocycles. The van der Waals surface area contributed by atoms with Gasteiger partial charge in [-0.25, -0.2) is 23.8 Å². The molecule has 224 valence electrons. The Hall–Kier alpha value is -4.41. The molecular weight excluding hydrogens is 584 g/mol. The summed E-state index contributed by atoms with van der Waals surface area (Å²) < 4.78 is 108. The van der Waals surface area contributed by atoms with Crippen molar-refractivity contribution in [3.63, 3.8) is 0 Å². The topological polar surface area (TPSA) is 126 Å². The van der Waals surface area contributed by atoms with Gasteiger partial charge in [-0.1, -0.05) is 0 Å². The Morgan fingerprint density at radius 3 is 2.36 bits per heavy atom. The van der Waals surface area contributed by atoms with Crippen LogP contribution in [0.2, 0.25) is 0 Å². The summed E-state index contributed by atoms with van der Waals surface area (Å²) in [5.74, 6) is -1.31. The fraction of sp³-hybridized carbons (Fsp3) is 0.320. The van der Waals surface area contributed by atoms with Gasteiger partial charge in [0, 0.05) is 36.6 Å². The van der Waals surface area contributed by atoms with Crippen LogP contribution in [0, 0.1) is 5.82 Å². The predicted molar refractivity (Wildman–Crippen MR) is 133 cm³/mol. The Labute approximate surface area is 229 Å². The molecule has 9 nitrogen and oxygen atoms in total. The smallest absolute Gasteiger partial charge is 0.381 e. The molecule has 1 unspecified atom stereocenters. The molecule has 0 aliphatic heterocycles. The number of pyridine rings is 1. The minimum absolute atomic E-state index is 0.161. The van der Waals surface area contributed by atoms with E-state index in [9.17, 15) is 49.8 Å². The standard InChI is InChI=1S/C25H20F8N6O3/c1-11(37-18-9-36-38-22(41)19(18)24(28,29)30)4-14(26)10-39-3-2-12-5-16(17(27)6-15(12)23(39)42)21-34-7-13(8-35-21)20(40)25(31,32)33/h2-3,5-9,11,14,20,40H,4,10H2,1H3,(H2,37,38,41)/t11-,14+,20?/m1/s1. The first-order valence-corrected chi connectivity index (χ1v) is 12.0. The number of halogens is 8. The maximum atomic E-state index is 14.9. The molecule has 4 aromatic rings. The van der Waals surface area contributed by atoms with E-state index in [1.54, 1.807) is 5.10 Å². The minimum Gasteiger partial charge on any atom is -0.381 e. The molecule has 1 aromatic carbocycles. The second-order valence-corrected chi connectivity index (χ2v) is 9.34. The first kappa shape index (κ1) is 30.5. The molecule has 0 saturated heterocycles. The maximum Gasteiger partial charge on any atom is 0.423 e. The first-order chi connectivity index (χ1) is 19.6. The zero-order valence-corrected chi connectivity index (χ0v) is 21.3. The normalized spacial score (nSPS) is 14.5. The average molecular weight is 604 g/mol. The molecule has 0 radical (unpaired) electrons. The second-order valence-electron chi connectivity index (χ2n) is 9.34. The Morgan fingerprint density at radius 1 is 1.07 bits per heavy atom. The Balaban J connectivity index is 1.51. The van der Waals surface area contributed by atoms with Crippen molar-refractivity contribution in [2.75, 3.05) is 5.32 Å². The van der Waals surface area contributed by atoms with Gasteiger partial charge < -0.3 is 15.0 Å². The second kappa shape index (κ2) is 11.5. The van der Waals surface area contributed by atoms with Crippen LogP contribution in [0.15, 0.2) is 52.6 Å². The average Bonchev–Trinajstić information content (AvgIpc) is 2.88. The molecule has 0 fully saturated rings. The number of aliphatic hydroxyl groups is 1. The highest BCUT2D eigenvalue weighted by Gasteiger charge is 2.40. The Kier molecular flexibility index (Phi) is 8.34. The number of hydrogen-bond acceptors (Lipinski definition) is 7. The Morgan fingerprint density at radius 2 is 1.74 bits per heavy atom. The van der Waals surface area contributed by atoms with E-state index in [0.29, 0.717) is 12.4 Å². The van der Waals surface area contributed by atoms with Crippen LogP contribution in [0.1, 0.15) is 30.6 Å².